The molecule has 2 aliphatic rings. The Morgan fingerprint density at radius 1 is 0.783 bits per heavy atom. The van der Waals surface area contributed by atoms with Crippen molar-refractivity contribution in [3.05, 3.63) is 102 Å². The number of carbonyl (C=O) groups is 2. The number of esters is 2. The van der Waals surface area contributed by atoms with Crippen molar-refractivity contribution in [1.29, 1.82) is 0 Å². The van der Waals surface area contributed by atoms with Crippen molar-refractivity contribution >= 4 is 30.0 Å². The van der Waals surface area contributed by atoms with Gasteiger partial charge in [0.1, 0.15) is 20.3 Å². The van der Waals surface area contributed by atoms with Crippen LogP contribution in [0.3, 0.4) is 0 Å². The highest BCUT2D eigenvalue weighted by Gasteiger charge is 2.61. The quantitative estimate of drug-likeness (QED) is 0.211. The molecule has 11 heteroatoms. The lowest BCUT2D eigenvalue weighted by Crippen LogP contribution is -2.66. The van der Waals surface area contributed by atoms with Gasteiger partial charge in [-0.3, -0.25) is 0 Å². The Morgan fingerprint density at radius 2 is 1.28 bits per heavy atom. The van der Waals surface area contributed by atoms with Crippen molar-refractivity contribution in [2.75, 3.05) is 0 Å². The van der Waals surface area contributed by atoms with Crippen molar-refractivity contribution in [1.82, 2.24) is 4.72 Å². The lowest BCUT2D eigenvalue weighted by atomic mass is 9.77. The van der Waals surface area contributed by atoms with Crippen molar-refractivity contribution in [2.24, 2.45) is 5.92 Å². The molecule has 1 heterocycles. The van der Waals surface area contributed by atoms with Crippen molar-refractivity contribution in [2.45, 2.75) is 81.6 Å². The summed E-state index contributed by atoms with van der Waals surface area (Å²) in [6.45, 7) is 11.4. The second-order valence-electron chi connectivity index (χ2n) is 13.0. The molecule has 3 aromatic rings. The third-order valence-electron chi connectivity index (χ3n) is 7.65. The van der Waals surface area contributed by atoms with E-state index in [9.17, 15) is 18.0 Å². The number of fused-ring (bicyclic) bond motifs is 1. The number of sulfonamides is 1. The largest absolute Gasteiger partial charge is 0.453 e. The van der Waals surface area contributed by atoms with Crippen LogP contribution in [-0.4, -0.2) is 64.7 Å². The standard InChI is InChI=1S/C35H39NO8SSi/c1-23-17-19-26(20-18-23)45(39,40)36-28-27(21-22-46(4,5)6)29(41-33(37)24-13-9-7-10-14-24)31(32-30(28)43-35(2,3)44-32)42-34(38)25-15-11-8-12-16-25/h7-20,27-32,36H,1-6H3/t27-,28-,29+,30+,31+,32+/m1/s1. The van der Waals surface area contributed by atoms with E-state index in [4.69, 9.17) is 18.9 Å². The van der Waals surface area contributed by atoms with Gasteiger partial charge in [0.15, 0.2) is 18.0 Å². The average molecular weight is 662 g/mol. The van der Waals surface area contributed by atoms with Gasteiger partial charge in [-0.1, -0.05) is 73.7 Å². The molecule has 0 amide bonds. The van der Waals surface area contributed by atoms with Gasteiger partial charge >= 0.3 is 11.9 Å². The fourth-order valence-electron chi connectivity index (χ4n) is 5.53. The van der Waals surface area contributed by atoms with E-state index < -0.39 is 72.2 Å². The maximum absolute atomic E-state index is 13.9. The highest BCUT2D eigenvalue weighted by Crippen LogP contribution is 2.43. The fourth-order valence-corrected chi connectivity index (χ4v) is 7.40. The van der Waals surface area contributed by atoms with Gasteiger partial charge < -0.3 is 18.9 Å². The molecule has 0 aromatic heterocycles. The van der Waals surface area contributed by atoms with E-state index in [1.807, 2.05) is 26.6 Å². The molecule has 1 aliphatic carbocycles. The molecule has 0 radical (unpaired) electrons. The molecule has 1 saturated carbocycles. The van der Waals surface area contributed by atoms with Gasteiger partial charge in [0, 0.05) is 0 Å². The van der Waals surface area contributed by atoms with Crippen LogP contribution < -0.4 is 4.72 Å². The lowest BCUT2D eigenvalue weighted by Gasteiger charge is -2.44. The second kappa shape index (κ2) is 13.1. The molecule has 242 valence electrons. The maximum Gasteiger partial charge on any atom is 0.338 e. The van der Waals surface area contributed by atoms with E-state index in [1.165, 1.54) is 12.1 Å². The van der Waals surface area contributed by atoms with E-state index in [2.05, 4.69) is 16.2 Å². The molecule has 0 unspecified atom stereocenters. The number of rotatable bonds is 7. The summed E-state index contributed by atoms with van der Waals surface area (Å²) in [5.74, 6) is -0.236. The Balaban J connectivity index is 1.64. The number of nitrogens with one attached hydrogen (secondary N) is 1. The number of aryl methyl sites for hydroxylation is 1. The molecular weight excluding hydrogens is 623 g/mol. The molecule has 1 N–H and O–H groups in total. The summed E-state index contributed by atoms with van der Waals surface area (Å²) in [5, 5.41) is 0. The monoisotopic (exact) mass is 661 g/mol. The molecule has 2 fully saturated rings. The van der Waals surface area contributed by atoms with Gasteiger partial charge in [0.25, 0.3) is 0 Å². The second-order valence-corrected chi connectivity index (χ2v) is 19.5. The van der Waals surface area contributed by atoms with E-state index in [0.29, 0.717) is 0 Å². The fraction of sp³-hybridized carbons (Fsp3) is 0.371. The van der Waals surface area contributed by atoms with Crippen LogP contribution in [0.15, 0.2) is 89.8 Å². The predicted molar refractivity (Wildman–Crippen MR) is 175 cm³/mol. The predicted octanol–water partition coefficient (Wildman–Crippen LogP) is 5.12. The Morgan fingerprint density at radius 3 is 1.80 bits per heavy atom. The van der Waals surface area contributed by atoms with Gasteiger partial charge in [-0.2, -0.15) is 0 Å². The molecule has 9 nitrogen and oxygen atoms in total. The Kier molecular flexibility index (Phi) is 9.59. The third-order valence-corrected chi connectivity index (χ3v) is 10.0. The number of hydrogen-bond acceptors (Lipinski definition) is 8. The SMILES string of the molecule is Cc1ccc(S(=O)(=O)N[C@@H]2[C@@H](C#C[Si](C)(C)C)[C@H](OC(=O)c3ccccc3)[C@H](OC(=O)c3ccccc3)[C@H]3OC(C)(C)O[C@@H]23)cc1. The first-order chi connectivity index (χ1) is 21.6. The number of hydrogen-bond donors (Lipinski definition) is 1. The molecule has 3 aromatic carbocycles. The van der Waals surface area contributed by atoms with E-state index >= 15 is 0 Å². The van der Waals surface area contributed by atoms with Gasteiger partial charge in [0.05, 0.1) is 28.0 Å². The minimum absolute atomic E-state index is 0.0557. The van der Waals surface area contributed by atoms with Gasteiger partial charge in [-0.05, 0) is 57.2 Å². The summed E-state index contributed by atoms with van der Waals surface area (Å²) < 4.78 is 55.5. The minimum Gasteiger partial charge on any atom is -0.453 e. The zero-order valence-corrected chi connectivity index (χ0v) is 28.5. The Hall–Kier alpha value is -3.79. The zero-order valence-electron chi connectivity index (χ0n) is 26.7. The number of ether oxygens (including phenoxy) is 4. The highest BCUT2D eigenvalue weighted by molar-refractivity contribution is 7.89. The highest BCUT2D eigenvalue weighted by atomic mass is 32.2. The van der Waals surface area contributed by atoms with Crippen LogP contribution in [0.2, 0.25) is 19.6 Å². The van der Waals surface area contributed by atoms with Crippen molar-refractivity contribution in [3.63, 3.8) is 0 Å². The Labute approximate surface area is 271 Å². The Bertz CT molecular complexity index is 1730. The summed E-state index contributed by atoms with van der Waals surface area (Å²) in [6.07, 6.45) is -4.37. The van der Waals surface area contributed by atoms with Gasteiger partial charge in [-0.25, -0.2) is 22.7 Å². The summed E-state index contributed by atoms with van der Waals surface area (Å²) in [7, 11) is -6.18. The summed E-state index contributed by atoms with van der Waals surface area (Å²) in [5.41, 5.74) is 4.80. The minimum atomic E-state index is -4.12. The van der Waals surface area contributed by atoms with Crippen LogP contribution in [0.5, 0.6) is 0 Å². The van der Waals surface area contributed by atoms with Gasteiger partial charge in [0.2, 0.25) is 10.0 Å². The molecule has 5 rings (SSSR count). The molecular formula is C35H39NO8SSi. The molecule has 0 bridgehead atoms. The number of carbonyl (C=O) groups excluding carboxylic acids is 2. The van der Waals surface area contributed by atoms with E-state index in [-0.39, 0.29) is 16.0 Å². The average Bonchev–Trinajstić information content (AvgIpc) is 3.34. The molecule has 1 saturated heterocycles. The summed E-state index contributed by atoms with van der Waals surface area (Å²) >= 11 is 0. The van der Waals surface area contributed by atoms with Crippen LogP contribution in [0.1, 0.15) is 40.1 Å². The van der Waals surface area contributed by atoms with Crippen molar-refractivity contribution in [3.8, 4) is 11.5 Å². The first-order valence-electron chi connectivity index (χ1n) is 15.1. The van der Waals surface area contributed by atoms with Crippen LogP contribution in [0.25, 0.3) is 0 Å². The molecule has 46 heavy (non-hydrogen) atoms. The van der Waals surface area contributed by atoms with E-state index in [1.54, 1.807) is 86.6 Å². The summed E-state index contributed by atoms with van der Waals surface area (Å²) in [4.78, 5) is 27.2. The van der Waals surface area contributed by atoms with Crippen LogP contribution in [0, 0.1) is 24.3 Å². The maximum atomic E-state index is 13.9. The van der Waals surface area contributed by atoms with Crippen LogP contribution in [-0.2, 0) is 29.0 Å². The lowest BCUT2D eigenvalue weighted by molar-refractivity contribution is -0.161. The van der Waals surface area contributed by atoms with Crippen LogP contribution in [0.4, 0.5) is 0 Å². The molecule has 6 atom stereocenters. The number of benzene rings is 3. The first-order valence-corrected chi connectivity index (χ1v) is 20.1. The molecule has 1 aliphatic heterocycles. The van der Waals surface area contributed by atoms with Gasteiger partial charge in [-0.15, -0.1) is 11.5 Å². The first kappa shape index (κ1) is 33.6. The third kappa shape index (κ3) is 7.77. The van der Waals surface area contributed by atoms with Crippen LogP contribution >= 0.6 is 0 Å². The summed E-state index contributed by atoms with van der Waals surface area (Å²) in [6, 6.07) is 22.3. The van der Waals surface area contributed by atoms with Crippen molar-refractivity contribution < 1.29 is 37.0 Å². The normalized spacial score (nSPS) is 25.4. The topological polar surface area (TPSA) is 117 Å². The molecule has 0 spiro atoms. The van der Waals surface area contributed by atoms with E-state index in [0.717, 1.165) is 5.56 Å². The zero-order chi connectivity index (χ0) is 33.3. The smallest absolute Gasteiger partial charge is 0.338 e.